The molecule has 1 heterocycles. The van der Waals surface area contributed by atoms with Crippen LogP contribution in [0.2, 0.25) is 0 Å². The Balaban J connectivity index is 1.65. The van der Waals surface area contributed by atoms with E-state index in [9.17, 15) is 4.79 Å². The van der Waals surface area contributed by atoms with Crippen LogP contribution in [-0.2, 0) is 11.3 Å². The van der Waals surface area contributed by atoms with Crippen LogP contribution in [0.15, 0.2) is 48.7 Å². The fraction of sp³-hybridized carbons (Fsp3) is 0.353. The normalized spacial score (nSPS) is 20.6. The summed E-state index contributed by atoms with van der Waals surface area (Å²) in [7, 11) is 0. The first-order valence-electron chi connectivity index (χ1n) is 7.10. The monoisotopic (exact) mass is 269 g/mol. The lowest BCUT2D eigenvalue weighted by molar-refractivity contribution is 0.0469. The van der Waals surface area contributed by atoms with Crippen LogP contribution in [0.3, 0.4) is 0 Å². The van der Waals surface area contributed by atoms with Crippen molar-refractivity contribution in [2.45, 2.75) is 19.9 Å². The van der Waals surface area contributed by atoms with E-state index in [4.69, 9.17) is 4.74 Å². The predicted octanol–water partition coefficient (Wildman–Crippen LogP) is 3.35. The van der Waals surface area contributed by atoms with Gasteiger partial charge in [0, 0.05) is 12.7 Å². The number of ether oxygens (including phenoxy) is 1. The van der Waals surface area contributed by atoms with Crippen LogP contribution in [0, 0.1) is 11.8 Å². The molecular weight excluding hydrogens is 250 g/mol. The number of carbonyl (C=O) groups is 1. The van der Waals surface area contributed by atoms with Crippen LogP contribution >= 0.6 is 0 Å². The van der Waals surface area contributed by atoms with Crippen molar-refractivity contribution < 1.29 is 9.53 Å². The van der Waals surface area contributed by atoms with Crippen molar-refractivity contribution in [3.63, 3.8) is 0 Å². The summed E-state index contributed by atoms with van der Waals surface area (Å²) in [6.45, 7) is 3.44. The van der Waals surface area contributed by atoms with E-state index in [0.29, 0.717) is 30.7 Å². The summed E-state index contributed by atoms with van der Waals surface area (Å²) in [5.41, 5.74) is 1.80. The van der Waals surface area contributed by atoms with Gasteiger partial charge in [-0.2, -0.15) is 0 Å². The second kappa shape index (κ2) is 5.53. The zero-order chi connectivity index (χ0) is 13.9. The zero-order valence-electron chi connectivity index (χ0n) is 11.7. The molecule has 0 aliphatic heterocycles. The summed E-state index contributed by atoms with van der Waals surface area (Å²) in [5, 5.41) is 0. The molecule has 2 unspecified atom stereocenters. The topological polar surface area (TPSA) is 31.2 Å². The second-order valence-electron chi connectivity index (χ2n) is 5.58. The Bertz CT molecular complexity index is 588. The smallest absolute Gasteiger partial charge is 0.354 e. The SMILES string of the molecule is CC1CC1COC(=O)c1cccn1Cc1ccccc1. The van der Waals surface area contributed by atoms with E-state index in [-0.39, 0.29) is 5.97 Å². The van der Waals surface area contributed by atoms with Gasteiger partial charge < -0.3 is 9.30 Å². The lowest BCUT2D eigenvalue weighted by Gasteiger charge is -2.09. The number of benzene rings is 1. The molecule has 3 rings (SSSR count). The first-order valence-corrected chi connectivity index (χ1v) is 7.10. The van der Waals surface area contributed by atoms with Crippen molar-refractivity contribution >= 4 is 5.97 Å². The first kappa shape index (κ1) is 13.0. The predicted molar refractivity (Wildman–Crippen MR) is 77.5 cm³/mol. The highest BCUT2D eigenvalue weighted by molar-refractivity contribution is 5.87. The van der Waals surface area contributed by atoms with Crippen LogP contribution in [0.1, 0.15) is 29.4 Å². The number of esters is 1. The summed E-state index contributed by atoms with van der Waals surface area (Å²) in [4.78, 5) is 12.1. The quantitative estimate of drug-likeness (QED) is 0.779. The molecule has 0 radical (unpaired) electrons. The highest BCUT2D eigenvalue weighted by atomic mass is 16.5. The molecule has 3 nitrogen and oxygen atoms in total. The average molecular weight is 269 g/mol. The molecule has 1 saturated carbocycles. The number of aromatic nitrogens is 1. The third-order valence-corrected chi connectivity index (χ3v) is 3.94. The van der Waals surface area contributed by atoms with Gasteiger partial charge in [0.1, 0.15) is 5.69 Å². The van der Waals surface area contributed by atoms with Crippen LogP contribution < -0.4 is 0 Å². The Morgan fingerprint density at radius 1 is 1.25 bits per heavy atom. The van der Waals surface area contributed by atoms with Gasteiger partial charge in [0.05, 0.1) is 6.61 Å². The number of rotatable bonds is 5. The largest absolute Gasteiger partial charge is 0.461 e. The highest BCUT2D eigenvalue weighted by Crippen LogP contribution is 2.37. The molecule has 20 heavy (non-hydrogen) atoms. The van der Waals surface area contributed by atoms with Crippen LogP contribution in [-0.4, -0.2) is 17.1 Å². The molecule has 104 valence electrons. The number of hydrogen-bond acceptors (Lipinski definition) is 2. The minimum absolute atomic E-state index is 0.218. The molecule has 2 aromatic rings. The van der Waals surface area contributed by atoms with E-state index in [1.807, 2.05) is 41.1 Å². The molecule has 3 heteroatoms. The lowest BCUT2D eigenvalue weighted by atomic mass is 10.2. The summed E-state index contributed by atoms with van der Waals surface area (Å²) < 4.78 is 7.34. The molecule has 1 aromatic carbocycles. The number of nitrogens with zero attached hydrogens (tertiary/aromatic N) is 1. The van der Waals surface area contributed by atoms with E-state index in [1.165, 1.54) is 12.0 Å². The van der Waals surface area contributed by atoms with Crippen molar-refractivity contribution in [3.8, 4) is 0 Å². The van der Waals surface area contributed by atoms with Gasteiger partial charge in [-0.15, -0.1) is 0 Å². The van der Waals surface area contributed by atoms with Gasteiger partial charge >= 0.3 is 5.97 Å². The van der Waals surface area contributed by atoms with Gasteiger partial charge in [0.15, 0.2) is 0 Å². The minimum atomic E-state index is -0.218. The van der Waals surface area contributed by atoms with Gasteiger partial charge in [-0.3, -0.25) is 0 Å². The molecule has 1 aliphatic rings. The Morgan fingerprint density at radius 3 is 2.70 bits per heavy atom. The van der Waals surface area contributed by atoms with E-state index >= 15 is 0 Å². The number of hydrogen-bond donors (Lipinski definition) is 0. The fourth-order valence-electron chi connectivity index (χ4n) is 2.41. The molecule has 2 atom stereocenters. The standard InChI is InChI=1S/C17H19NO2/c1-13-10-15(13)12-20-17(19)16-8-5-9-18(16)11-14-6-3-2-4-7-14/h2-9,13,15H,10-12H2,1H3. The molecule has 1 aromatic heterocycles. The zero-order valence-corrected chi connectivity index (χ0v) is 11.7. The lowest BCUT2D eigenvalue weighted by Crippen LogP contribution is -2.14. The number of carbonyl (C=O) groups excluding carboxylic acids is 1. The average Bonchev–Trinajstić information content (AvgIpc) is 2.97. The van der Waals surface area contributed by atoms with Crippen LogP contribution in [0.4, 0.5) is 0 Å². The van der Waals surface area contributed by atoms with Gasteiger partial charge in [-0.25, -0.2) is 4.79 Å². The van der Waals surface area contributed by atoms with Gasteiger partial charge in [-0.1, -0.05) is 37.3 Å². The minimum Gasteiger partial charge on any atom is -0.461 e. The Labute approximate surface area is 119 Å². The van der Waals surface area contributed by atoms with E-state index in [2.05, 4.69) is 19.1 Å². The highest BCUT2D eigenvalue weighted by Gasteiger charge is 2.33. The van der Waals surface area contributed by atoms with Gasteiger partial charge in [0.25, 0.3) is 0 Å². The molecule has 1 fully saturated rings. The first-order chi connectivity index (χ1) is 9.74. The van der Waals surface area contributed by atoms with Crippen molar-refractivity contribution in [1.82, 2.24) is 4.57 Å². The van der Waals surface area contributed by atoms with Gasteiger partial charge in [-0.05, 0) is 36.0 Å². The fourth-order valence-corrected chi connectivity index (χ4v) is 2.41. The van der Waals surface area contributed by atoms with Crippen molar-refractivity contribution in [2.75, 3.05) is 6.61 Å². The third kappa shape index (κ3) is 2.93. The Kier molecular flexibility index (Phi) is 3.59. The van der Waals surface area contributed by atoms with Crippen LogP contribution in [0.25, 0.3) is 0 Å². The molecule has 0 amide bonds. The van der Waals surface area contributed by atoms with E-state index in [1.54, 1.807) is 0 Å². The third-order valence-electron chi connectivity index (χ3n) is 3.94. The summed E-state index contributed by atoms with van der Waals surface area (Å²) in [6, 6.07) is 13.8. The molecule has 0 saturated heterocycles. The maximum Gasteiger partial charge on any atom is 0.354 e. The van der Waals surface area contributed by atoms with Crippen LogP contribution in [0.5, 0.6) is 0 Å². The summed E-state index contributed by atoms with van der Waals surface area (Å²) >= 11 is 0. The molecule has 0 spiro atoms. The molecule has 0 bridgehead atoms. The summed E-state index contributed by atoms with van der Waals surface area (Å²) in [5.74, 6) is 1.06. The maximum atomic E-state index is 12.1. The van der Waals surface area contributed by atoms with Crippen molar-refractivity contribution in [2.24, 2.45) is 11.8 Å². The van der Waals surface area contributed by atoms with Crippen molar-refractivity contribution in [3.05, 3.63) is 59.9 Å². The van der Waals surface area contributed by atoms with Gasteiger partial charge in [0.2, 0.25) is 0 Å². The molecular formula is C17H19NO2. The maximum absolute atomic E-state index is 12.1. The summed E-state index contributed by atoms with van der Waals surface area (Å²) in [6.07, 6.45) is 3.10. The van der Waals surface area contributed by atoms with E-state index in [0.717, 1.165) is 0 Å². The Hall–Kier alpha value is -2.03. The van der Waals surface area contributed by atoms with E-state index < -0.39 is 0 Å². The molecule has 1 aliphatic carbocycles. The Morgan fingerprint density at radius 2 is 2.00 bits per heavy atom. The molecule has 0 N–H and O–H groups in total. The van der Waals surface area contributed by atoms with Crippen molar-refractivity contribution in [1.29, 1.82) is 0 Å². The second-order valence-corrected chi connectivity index (χ2v) is 5.58.